The molecule has 1 saturated carbocycles. The van der Waals surface area contributed by atoms with Crippen molar-refractivity contribution in [3.63, 3.8) is 0 Å². The first-order chi connectivity index (χ1) is 8.18. The molecule has 5 heteroatoms. The van der Waals surface area contributed by atoms with E-state index in [4.69, 9.17) is 10.5 Å². The minimum absolute atomic E-state index is 0. The summed E-state index contributed by atoms with van der Waals surface area (Å²) in [5.74, 6) is 0.0902. The maximum absolute atomic E-state index is 12.2. The van der Waals surface area contributed by atoms with Crippen LogP contribution in [0.2, 0.25) is 0 Å². The van der Waals surface area contributed by atoms with Gasteiger partial charge in [0.1, 0.15) is 0 Å². The van der Waals surface area contributed by atoms with E-state index < -0.39 is 6.04 Å². The van der Waals surface area contributed by atoms with Gasteiger partial charge in [-0.2, -0.15) is 0 Å². The second-order valence-corrected chi connectivity index (χ2v) is 5.35. The van der Waals surface area contributed by atoms with Crippen LogP contribution >= 0.6 is 12.4 Å². The van der Waals surface area contributed by atoms with Crippen LogP contribution in [0.15, 0.2) is 0 Å². The smallest absolute Gasteiger partial charge is 0.239 e. The Hall–Kier alpha value is -0.320. The highest BCUT2D eigenvalue weighted by molar-refractivity contribution is 5.85. The predicted octanol–water partition coefficient (Wildman–Crippen LogP) is 1.71. The average molecular weight is 277 g/mol. The molecule has 0 aromatic heterocycles. The largest absolute Gasteiger partial charge is 0.376 e. The van der Waals surface area contributed by atoms with Gasteiger partial charge in [-0.25, -0.2) is 0 Å². The molecule has 2 atom stereocenters. The topological polar surface area (TPSA) is 55.6 Å². The van der Waals surface area contributed by atoms with E-state index in [1.165, 1.54) is 12.8 Å². The lowest BCUT2D eigenvalue weighted by Crippen LogP contribution is -2.49. The third-order valence-electron chi connectivity index (χ3n) is 3.86. The summed E-state index contributed by atoms with van der Waals surface area (Å²) in [6, 6.07) is 0.00898. The summed E-state index contributed by atoms with van der Waals surface area (Å²) in [5.41, 5.74) is 5.75. The fourth-order valence-electron chi connectivity index (χ4n) is 2.90. The molecule has 1 aliphatic heterocycles. The van der Waals surface area contributed by atoms with E-state index in [9.17, 15) is 4.79 Å². The van der Waals surface area contributed by atoms with Crippen LogP contribution in [0.5, 0.6) is 0 Å². The van der Waals surface area contributed by atoms with Gasteiger partial charge >= 0.3 is 0 Å². The van der Waals surface area contributed by atoms with Crippen molar-refractivity contribution in [3.8, 4) is 0 Å². The molecule has 4 nitrogen and oxygen atoms in total. The summed E-state index contributed by atoms with van der Waals surface area (Å²) < 4.78 is 5.64. The lowest BCUT2D eigenvalue weighted by molar-refractivity contribution is -0.136. The number of carbonyl (C=O) groups excluding carboxylic acids is 1. The minimum atomic E-state index is -0.392. The van der Waals surface area contributed by atoms with Crippen molar-refractivity contribution in [1.82, 2.24) is 4.90 Å². The molecule has 2 N–H and O–H groups in total. The molecular weight excluding hydrogens is 252 g/mol. The van der Waals surface area contributed by atoms with Crippen molar-refractivity contribution in [2.24, 2.45) is 5.73 Å². The molecule has 106 valence electrons. The fourth-order valence-corrected chi connectivity index (χ4v) is 2.90. The summed E-state index contributed by atoms with van der Waals surface area (Å²) in [7, 11) is 0. The van der Waals surface area contributed by atoms with E-state index in [0.29, 0.717) is 6.04 Å². The summed E-state index contributed by atoms with van der Waals surface area (Å²) in [6.45, 7) is 3.36. The van der Waals surface area contributed by atoms with Crippen molar-refractivity contribution in [2.45, 2.75) is 63.6 Å². The van der Waals surface area contributed by atoms with E-state index in [0.717, 1.165) is 38.8 Å². The average Bonchev–Trinajstić information content (AvgIpc) is 2.97. The molecule has 2 rings (SSSR count). The number of carbonyl (C=O) groups is 1. The third-order valence-corrected chi connectivity index (χ3v) is 3.86. The van der Waals surface area contributed by atoms with Gasteiger partial charge in [0.25, 0.3) is 0 Å². The molecular formula is C13H25ClN2O2. The summed E-state index contributed by atoms with van der Waals surface area (Å²) in [5, 5.41) is 0. The highest BCUT2D eigenvalue weighted by Gasteiger charge is 2.31. The van der Waals surface area contributed by atoms with Gasteiger partial charge < -0.3 is 15.4 Å². The summed E-state index contributed by atoms with van der Waals surface area (Å²) >= 11 is 0. The maximum atomic E-state index is 12.2. The molecule has 1 saturated heterocycles. The van der Waals surface area contributed by atoms with Gasteiger partial charge in [-0.3, -0.25) is 4.79 Å². The quantitative estimate of drug-likeness (QED) is 0.850. The van der Waals surface area contributed by atoms with Gasteiger partial charge in [-0.15, -0.1) is 12.4 Å². The highest BCUT2D eigenvalue weighted by Crippen LogP contribution is 2.25. The molecule has 0 bridgehead atoms. The molecule has 18 heavy (non-hydrogen) atoms. The maximum Gasteiger partial charge on any atom is 0.239 e. The molecule has 0 aromatic rings. The second kappa shape index (κ2) is 7.31. The van der Waals surface area contributed by atoms with Crippen LogP contribution in [0.3, 0.4) is 0 Å². The van der Waals surface area contributed by atoms with Crippen molar-refractivity contribution < 1.29 is 9.53 Å². The van der Waals surface area contributed by atoms with Gasteiger partial charge in [-0.05, 0) is 32.6 Å². The number of halogens is 1. The van der Waals surface area contributed by atoms with Crippen LogP contribution < -0.4 is 5.73 Å². The summed E-state index contributed by atoms with van der Waals surface area (Å²) in [4.78, 5) is 14.2. The monoisotopic (exact) mass is 276 g/mol. The van der Waals surface area contributed by atoms with Crippen molar-refractivity contribution in [2.75, 3.05) is 13.2 Å². The molecule has 0 aromatic carbocycles. The number of rotatable bonds is 4. The van der Waals surface area contributed by atoms with Crippen molar-refractivity contribution in [3.05, 3.63) is 0 Å². The van der Waals surface area contributed by atoms with Gasteiger partial charge in [0.2, 0.25) is 5.91 Å². The number of amides is 1. The van der Waals surface area contributed by atoms with Gasteiger partial charge in [0.05, 0.1) is 12.1 Å². The minimum Gasteiger partial charge on any atom is -0.376 e. The van der Waals surface area contributed by atoms with Crippen LogP contribution in [-0.2, 0) is 9.53 Å². The molecule has 2 aliphatic rings. The second-order valence-electron chi connectivity index (χ2n) is 5.35. The number of hydrogen-bond donors (Lipinski definition) is 1. The molecule has 2 fully saturated rings. The number of hydrogen-bond acceptors (Lipinski definition) is 3. The standard InChI is InChI=1S/C13H24N2O2.ClH/c1-10(14)13(16)15(11-5-2-3-6-11)9-12-7-4-8-17-12;/h10-12H,2-9,14H2,1H3;1H/t10-,12?;/m0./s1. The predicted molar refractivity (Wildman–Crippen MR) is 73.8 cm³/mol. The zero-order valence-corrected chi connectivity index (χ0v) is 12.0. The Balaban J connectivity index is 0.00000162. The number of ether oxygens (including phenoxy) is 1. The Morgan fingerprint density at radius 1 is 1.33 bits per heavy atom. The zero-order valence-electron chi connectivity index (χ0n) is 11.1. The van der Waals surface area contributed by atoms with Crippen LogP contribution in [0, 0.1) is 0 Å². The van der Waals surface area contributed by atoms with E-state index in [1.807, 2.05) is 4.90 Å². The fraction of sp³-hybridized carbons (Fsp3) is 0.923. The first-order valence-corrected chi connectivity index (χ1v) is 6.86. The lowest BCUT2D eigenvalue weighted by atomic mass is 10.1. The van der Waals surface area contributed by atoms with E-state index in [2.05, 4.69) is 0 Å². The molecule has 1 unspecified atom stereocenters. The number of nitrogens with two attached hydrogens (primary N) is 1. The van der Waals surface area contributed by atoms with E-state index in [1.54, 1.807) is 6.92 Å². The zero-order chi connectivity index (χ0) is 12.3. The third kappa shape index (κ3) is 3.84. The van der Waals surface area contributed by atoms with Crippen LogP contribution in [0.4, 0.5) is 0 Å². The van der Waals surface area contributed by atoms with Crippen molar-refractivity contribution >= 4 is 18.3 Å². The van der Waals surface area contributed by atoms with E-state index in [-0.39, 0.29) is 24.4 Å². The first-order valence-electron chi connectivity index (χ1n) is 6.86. The molecule has 0 radical (unpaired) electrons. The van der Waals surface area contributed by atoms with Gasteiger partial charge in [0.15, 0.2) is 0 Å². The van der Waals surface area contributed by atoms with Gasteiger partial charge in [-0.1, -0.05) is 12.8 Å². The molecule has 1 aliphatic carbocycles. The Labute approximate surface area is 116 Å². The van der Waals surface area contributed by atoms with Gasteiger partial charge in [0, 0.05) is 19.2 Å². The van der Waals surface area contributed by atoms with E-state index >= 15 is 0 Å². The Morgan fingerprint density at radius 3 is 2.50 bits per heavy atom. The number of nitrogens with zero attached hydrogens (tertiary/aromatic N) is 1. The Morgan fingerprint density at radius 2 is 2.00 bits per heavy atom. The normalized spacial score (nSPS) is 25.8. The SMILES string of the molecule is C[C@H](N)C(=O)N(CC1CCCO1)C1CCCC1.Cl. The van der Waals surface area contributed by atoms with Crippen molar-refractivity contribution in [1.29, 1.82) is 0 Å². The molecule has 1 amide bonds. The lowest BCUT2D eigenvalue weighted by Gasteiger charge is -2.32. The Bertz CT molecular complexity index is 262. The first kappa shape index (κ1) is 15.7. The van der Waals surface area contributed by atoms with Crippen LogP contribution in [-0.4, -0.2) is 42.1 Å². The molecule has 0 spiro atoms. The summed E-state index contributed by atoms with van der Waals surface area (Å²) in [6.07, 6.45) is 7.16. The highest BCUT2D eigenvalue weighted by atomic mass is 35.5. The Kier molecular flexibility index (Phi) is 6.39. The van der Waals surface area contributed by atoms with Crippen LogP contribution in [0.25, 0.3) is 0 Å². The van der Waals surface area contributed by atoms with Crippen LogP contribution in [0.1, 0.15) is 45.4 Å². The molecule has 1 heterocycles.